The monoisotopic (exact) mass is 334 g/mol. The van der Waals surface area contributed by atoms with E-state index in [1.165, 1.54) is 16.7 Å². The minimum Gasteiger partial charge on any atom is -0.299 e. The van der Waals surface area contributed by atoms with Gasteiger partial charge in [-0.25, -0.2) is 4.98 Å². The smallest absolute Gasteiger partial charge is 0.237 e. The van der Waals surface area contributed by atoms with Crippen LogP contribution in [0.5, 0.6) is 0 Å². The molecule has 1 aromatic carbocycles. The highest BCUT2D eigenvalue weighted by molar-refractivity contribution is 8.00. The van der Waals surface area contributed by atoms with Crippen molar-refractivity contribution in [1.82, 2.24) is 4.98 Å². The van der Waals surface area contributed by atoms with E-state index in [1.807, 2.05) is 6.07 Å². The average molecular weight is 335 g/mol. The Balaban J connectivity index is 1.82. The largest absolute Gasteiger partial charge is 0.299 e. The van der Waals surface area contributed by atoms with Gasteiger partial charge in [-0.05, 0) is 36.4 Å². The van der Waals surface area contributed by atoms with Crippen molar-refractivity contribution in [2.75, 3.05) is 23.5 Å². The normalized spacial score (nSPS) is 10.3. The Morgan fingerprint density at radius 3 is 2.50 bits per heavy atom. The number of anilines is 1. The molecule has 0 saturated carbocycles. The Morgan fingerprint density at radius 2 is 1.86 bits per heavy atom. The number of carbonyl (C=O) groups is 2. The van der Waals surface area contributed by atoms with Crippen LogP contribution in [0.1, 0.15) is 10.4 Å². The summed E-state index contributed by atoms with van der Waals surface area (Å²) >= 11 is 7.07. The third-order valence-electron chi connectivity index (χ3n) is 2.99. The van der Waals surface area contributed by atoms with E-state index >= 15 is 0 Å². The molecule has 0 aliphatic carbocycles. The number of pyridine rings is 1. The molecule has 2 rings (SSSR count). The van der Waals surface area contributed by atoms with Gasteiger partial charge in [-0.3, -0.25) is 14.5 Å². The van der Waals surface area contributed by atoms with Gasteiger partial charge in [0, 0.05) is 23.8 Å². The van der Waals surface area contributed by atoms with E-state index in [9.17, 15) is 9.59 Å². The van der Waals surface area contributed by atoms with Crippen molar-refractivity contribution in [3.63, 3.8) is 0 Å². The summed E-state index contributed by atoms with van der Waals surface area (Å²) in [6.45, 7) is 0. The topological polar surface area (TPSA) is 50.3 Å². The Morgan fingerprint density at radius 1 is 1.14 bits per heavy atom. The average Bonchev–Trinajstić information content (AvgIpc) is 2.55. The quantitative estimate of drug-likeness (QED) is 0.760. The summed E-state index contributed by atoms with van der Waals surface area (Å²) in [5.74, 6) is 0.968. The first-order valence-corrected chi connectivity index (χ1v) is 8.15. The number of aromatic nitrogens is 1. The lowest BCUT2D eigenvalue weighted by Gasteiger charge is -2.15. The van der Waals surface area contributed by atoms with Gasteiger partial charge in [-0.2, -0.15) is 0 Å². The number of hydrogen-bond acceptors (Lipinski definition) is 4. The molecular formula is C16H15ClN2O2S. The maximum absolute atomic E-state index is 12.0. The van der Waals surface area contributed by atoms with Crippen molar-refractivity contribution < 1.29 is 9.59 Å². The van der Waals surface area contributed by atoms with Gasteiger partial charge < -0.3 is 0 Å². The van der Waals surface area contributed by atoms with Crippen molar-refractivity contribution in [3.8, 4) is 0 Å². The summed E-state index contributed by atoms with van der Waals surface area (Å²) in [7, 11) is 1.67. The van der Waals surface area contributed by atoms with Crippen LogP contribution >= 0.6 is 23.4 Å². The Labute approximate surface area is 138 Å². The first-order chi connectivity index (χ1) is 10.6. The highest BCUT2D eigenvalue weighted by Crippen LogP contribution is 2.14. The molecule has 0 atom stereocenters. The lowest BCUT2D eigenvalue weighted by Crippen LogP contribution is -2.29. The van der Waals surface area contributed by atoms with Crippen LogP contribution in [0, 0.1) is 0 Å². The van der Waals surface area contributed by atoms with Gasteiger partial charge in [0.15, 0.2) is 5.78 Å². The number of rotatable bonds is 6. The lowest BCUT2D eigenvalue weighted by atomic mass is 10.1. The number of halogens is 1. The van der Waals surface area contributed by atoms with Gasteiger partial charge in [0.05, 0.1) is 11.5 Å². The molecule has 22 heavy (non-hydrogen) atoms. The maximum atomic E-state index is 12.0. The second-order valence-corrected chi connectivity index (χ2v) is 5.99. The molecule has 1 amide bonds. The minimum atomic E-state index is -0.0902. The van der Waals surface area contributed by atoms with E-state index in [2.05, 4.69) is 4.98 Å². The summed E-state index contributed by atoms with van der Waals surface area (Å²) in [6, 6.07) is 12.1. The Hall–Kier alpha value is -1.85. The number of nitrogens with zero attached hydrogens (tertiary/aromatic N) is 2. The molecule has 0 radical (unpaired) electrons. The zero-order chi connectivity index (χ0) is 15.9. The van der Waals surface area contributed by atoms with Gasteiger partial charge in [-0.15, -0.1) is 11.8 Å². The van der Waals surface area contributed by atoms with Gasteiger partial charge in [0.2, 0.25) is 5.91 Å². The predicted octanol–water partition coefficient (Wildman–Crippen LogP) is 3.31. The molecule has 0 aliphatic rings. The van der Waals surface area contributed by atoms with E-state index in [0.717, 1.165) is 0 Å². The highest BCUT2D eigenvalue weighted by Gasteiger charge is 2.13. The molecule has 0 aliphatic heterocycles. The maximum Gasteiger partial charge on any atom is 0.237 e. The zero-order valence-corrected chi connectivity index (χ0v) is 13.6. The van der Waals surface area contributed by atoms with Crippen LogP contribution in [0.2, 0.25) is 5.02 Å². The fraction of sp³-hybridized carbons (Fsp3) is 0.188. The molecule has 0 spiro atoms. The number of benzene rings is 1. The van der Waals surface area contributed by atoms with Gasteiger partial charge in [-0.1, -0.05) is 17.7 Å². The summed E-state index contributed by atoms with van der Waals surface area (Å²) in [6.07, 6.45) is 1.64. The molecule has 6 heteroatoms. The summed E-state index contributed by atoms with van der Waals surface area (Å²) in [5.41, 5.74) is 0.599. The fourth-order valence-corrected chi connectivity index (χ4v) is 2.68. The Bertz CT molecular complexity index is 647. The van der Waals surface area contributed by atoms with Crippen LogP contribution in [0.25, 0.3) is 0 Å². The molecule has 0 bridgehead atoms. The van der Waals surface area contributed by atoms with Crippen LogP contribution < -0.4 is 4.90 Å². The molecule has 0 N–H and O–H groups in total. The number of ketones is 1. The summed E-state index contributed by atoms with van der Waals surface area (Å²) < 4.78 is 0. The van der Waals surface area contributed by atoms with Crippen molar-refractivity contribution >= 4 is 40.9 Å². The molecule has 0 saturated heterocycles. The van der Waals surface area contributed by atoms with Crippen molar-refractivity contribution in [1.29, 1.82) is 0 Å². The van der Waals surface area contributed by atoms with E-state index in [0.29, 0.717) is 16.4 Å². The van der Waals surface area contributed by atoms with E-state index in [1.54, 1.807) is 49.6 Å². The van der Waals surface area contributed by atoms with Crippen LogP contribution in [-0.4, -0.2) is 35.2 Å². The Kier molecular flexibility index (Phi) is 5.98. The van der Waals surface area contributed by atoms with Gasteiger partial charge in [0.1, 0.15) is 5.82 Å². The third kappa shape index (κ3) is 4.58. The molecule has 0 fully saturated rings. The molecule has 1 aromatic heterocycles. The minimum absolute atomic E-state index is 0.0186. The number of thioether (sulfide) groups is 1. The van der Waals surface area contributed by atoms with Gasteiger partial charge in [0.25, 0.3) is 0 Å². The highest BCUT2D eigenvalue weighted by atomic mass is 35.5. The second kappa shape index (κ2) is 7.96. The molecule has 4 nitrogen and oxygen atoms in total. The fourth-order valence-electron chi connectivity index (χ4n) is 1.73. The van der Waals surface area contributed by atoms with Crippen LogP contribution in [0.4, 0.5) is 5.82 Å². The van der Waals surface area contributed by atoms with E-state index in [-0.39, 0.29) is 23.2 Å². The standard InChI is InChI=1S/C16H15ClN2O2S/c1-19(15-4-2-3-9-18-15)16(21)11-22-10-14(20)12-5-7-13(17)8-6-12/h2-9H,10-11H2,1H3. The van der Waals surface area contributed by atoms with Crippen molar-refractivity contribution in [3.05, 3.63) is 59.2 Å². The number of amides is 1. The van der Waals surface area contributed by atoms with Crippen molar-refractivity contribution in [2.24, 2.45) is 0 Å². The van der Waals surface area contributed by atoms with Crippen LogP contribution in [0.3, 0.4) is 0 Å². The number of Topliss-reactive ketones (excluding diaryl/α,β-unsaturated/α-hetero) is 1. The summed E-state index contributed by atoms with van der Waals surface area (Å²) in [5, 5.41) is 0.594. The first kappa shape index (κ1) is 16.5. The zero-order valence-electron chi connectivity index (χ0n) is 12.0. The molecule has 2 aromatic rings. The third-order valence-corrected chi connectivity index (χ3v) is 4.16. The summed E-state index contributed by atoms with van der Waals surface area (Å²) in [4.78, 5) is 29.6. The number of hydrogen-bond donors (Lipinski definition) is 0. The van der Waals surface area contributed by atoms with Gasteiger partial charge >= 0.3 is 0 Å². The predicted molar refractivity (Wildman–Crippen MR) is 90.8 cm³/mol. The van der Waals surface area contributed by atoms with Crippen LogP contribution in [0.15, 0.2) is 48.7 Å². The van der Waals surface area contributed by atoms with Crippen LogP contribution in [-0.2, 0) is 4.79 Å². The second-order valence-electron chi connectivity index (χ2n) is 4.56. The number of carbonyl (C=O) groups excluding carboxylic acids is 2. The van der Waals surface area contributed by atoms with Crippen molar-refractivity contribution in [2.45, 2.75) is 0 Å². The molecule has 1 heterocycles. The SMILES string of the molecule is CN(C(=O)CSCC(=O)c1ccc(Cl)cc1)c1ccccn1. The molecule has 0 unspecified atom stereocenters. The van der Waals surface area contributed by atoms with E-state index in [4.69, 9.17) is 11.6 Å². The molecular weight excluding hydrogens is 320 g/mol. The first-order valence-electron chi connectivity index (χ1n) is 6.62. The van der Waals surface area contributed by atoms with E-state index < -0.39 is 0 Å². The lowest BCUT2D eigenvalue weighted by molar-refractivity contribution is -0.115. The molecule has 114 valence electrons.